The smallest absolute Gasteiger partial charge is 0.251 e. The Bertz CT molecular complexity index is 716. The second-order valence-electron chi connectivity index (χ2n) is 3.99. The molecule has 0 saturated carbocycles. The van der Waals surface area contributed by atoms with Crippen LogP contribution in [-0.4, -0.2) is 10.5 Å². The summed E-state index contributed by atoms with van der Waals surface area (Å²) in [5.41, 5.74) is -0.146. The highest BCUT2D eigenvalue weighted by molar-refractivity contribution is 6.35. The fourth-order valence-electron chi connectivity index (χ4n) is 1.56. The molecule has 0 atom stereocenters. The normalized spacial score (nSPS) is 10.3. The molecular weight excluding hydrogens is 306 g/mol. The van der Waals surface area contributed by atoms with Crippen molar-refractivity contribution in [2.24, 2.45) is 0 Å². The van der Waals surface area contributed by atoms with E-state index in [0.717, 1.165) is 22.9 Å². The number of rotatable bonds is 3. The van der Waals surface area contributed by atoms with Gasteiger partial charge in [-0.05, 0) is 24.3 Å². The van der Waals surface area contributed by atoms with Gasteiger partial charge >= 0.3 is 0 Å². The van der Waals surface area contributed by atoms with Gasteiger partial charge in [-0.2, -0.15) is 0 Å². The van der Waals surface area contributed by atoms with Crippen LogP contribution in [0, 0.1) is 5.82 Å². The van der Waals surface area contributed by atoms with Gasteiger partial charge in [-0.3, -0.25) is 9.59 Å². The van der Waals surface area contributed by atoms with Crippen molar-refractivity contribution >= 4 is 34.8 Å². The fraction of sp³-hybridized carbons (Fsp3) is 0.0769. The van der Waals surface area contributed by atoms with Gasteiger partial charge in [0.15, 0.2) is 0 Å². The molecule has 1 amide bonds. The molecule has 4 nitrogen and oxygen atoms in total. The van der Waals surface area contributed by atoms with E-state index in [0.29, 0.717) is 15.7 Å². The molecule has 2 rings (SSSR count). The second kappa shape index (κ2) is 6.07. The van der Waals surface area contributed by atoms with Crippen molar-refractivity contribution in [2.45, 2.75) is 6.54 Å². The number of amides is 1. The Morgan fingerprint density at radius 3 is 2.75 bits per heavy atom. The number of anilines is 1. The summed E-state index contributed by atoms with van der Waals surface area (Å²) in [6, 6.07) is 6.68. The molecule has 1 heterocycles. The number of hydrogen-bond donors (Lipinski definition) is 1. The van der Waals surface area contributed by atoms with Gasteiger partial charge < -0.3 is 9.88 Å². The van der Waals surface area contributed by atoms with Crippen molar-refractivity contribution in [3.63, 3.8) is 0 Å². The van der Waals surface area contributed by atoms with Gasteiger partial charge in [-0.15, -0.1) is 0 Å². The summed E-state index contributed by atoms with van der Waals surface area (Å²) in [6.07, 6.45) is 0.960. The minimum absolute atomic E-state index is 0.314. The molecule has 0 unspecified atom stereocenters. The average Bonchev–Trinajstić information content (AvgIpc) is 2.38. The molecule has 104 valence electrons. The Balaban J connectivity index is 2.15. The van der Waals surface area contributed by atoms with E-state index in [-0.39, 0.29) is 6.54 Å². The molecule has 0 aliphatic heterocycles. The van der Waals surface area contributed by atoms with Crippen molar-refractivity contribution in [2.75, 3.05) is 5.32 Å². The molecule has 1 aromatic carbocycles. The third-order valence-corrected chi connectivity index (χ3v) is 3.03. The molecule has 0 aliphatic rings. The van der Waals surface area contributed by atoms with Crippen LogP contribution in [0.15, 0.2) is 41.3 Å². The van der Waals surface area contributed by atoms with Crippen LogP contribution in [0.2, 0.25) is 10.0 Å². The lowest BCUT2D eigenvalue weighted by molar-refractivity contribution is -0.116. The quantitative estimate of drug-likeness (QED) is 0.947. The lowest BCUT2D eigenvalue weighted by atomic mass is 10.3. The highest BCUT2D eigenvalue weighted by Gasteiger charge is 2.08. The minimum atomic E-state index is -0.599. The molecule has 0 fully saturated rings. The maximum absolute atomic E-state index is 13.0. The van der Waals surface area contributed by atoms with Gasteiger partial charge in [0.25, 0.3) is 5.56 Å². The number of nitrogens with one attached hydrogen (secondary N) is 1. The van der Waals surface area contributed by atoms with Crippen molar-refractivity contribution < 1.29 is 9.18 Å². The largest absolute Gasteiger partial charge is 0.323 e. The first-order chi connectivity index (χ1) is 9.45. The van der Waals surface area contributed by atoms with Gasteiger partial charge in [0.1, 0.15) is 12.4 Å². The van der Waals surface area contributed by atoms with E-state index in [2.05, 4.69) is 5.32 Å². The summed E-state index contributed by atoms with van der Waals surface area (Å²) >= 11 is 11.7. The molecule has 2 aromatic rings. The third kappa shape index (κ3) is 3.59. The second-order valence-corrected chi connectivity index (χ2v) is 4.83. The summed E-state index contributed by atoms with van der Waals surface area (Å²) in [4.78, 5) is 23.3. The van der Waals surface area contributed by atoms with Gasteiger partial charge in [0.05, 0.1) is 10.7 Å². The Labute approximate surface area is 123 Å². The van der Waals surface area contributed by atoms with Crippen molar-refractivity contribution in [3.05, 3.63) is 62.7 Å². The van der Waals surface area contributed by atoms with E-state index in [1.165, 1.54) is 12.1 Å². The Hall–Kier alpha value is -1.85. The molecule has 0 spiro atoms. The number of halogens is 3. The van der Waals surface area contributed by atoms with Crippen LogP contribution >= 0.6 is 23.2 Å². The summed E-state index contributed by atoms with van der Waals surface area (Å²) in [5.74, 6) is -1.11. The van der Waals surface area contributed by atoms with Crippen LogP contribution in [0.1, 0.15) is 0 Å². The van der Waals surface area contributed by atoms with Crippen LogP contribution in [0.3, 0.4) is 0 Å². The predicted molar refractivity (Wildman–Crippen MR) is 75.8 cm³/mol. The van der Waals surface area contributed by atoms with Gasteiger partial charge in [0.2, 0.25) is 5.91 Å². The van der Waals surface area contributed by atoms with E-state index in [1.54, 1.807) is 6.07 Å². The summed E-state index contributed by atoms with van der Waals surface area (Å²) in [6.45, 7) is -0.320. The first-order valence-electron chi connectivity index (χ1n) is 5.56. The highest BCUT2D eigenvalue weighted by atomic mass is 35.5. The van der Waals surface area contributed by atoms with E-state index in [9.17, 15) is 14.0 Å². The Morgan fingerprint density at radius 1 is 1.25 bits per heavy atom. The third-order valence-electron chi connectivity index (χ3n) is 2.46. The Morgan fingerprint density at radius 2 is 2.00 bits per heavy atom. The maximum Gasteiger partial charge on any atom is 0.251 e. The molecule has 0 bridgehead atoms. The zero-order valence-corrected chi connectivity index (χ0v) is 11.6. The molecule has 0 saturated heterocycles. The van der Waals surface area contributed by atoms with Crippen LogP contribution in [0.4, 0.5) is 10.1 Å². The van der Waals surface area contributed by atoms with Crippen LogP contribution in [0.5, 0.6) is 0 Å². The number of carbonyl (C=O) groups excluding carboxylic acids is 1. The summed E-state index contributed by atoms with van der Waals surface area (Å²) in [7, 11) is 0. The van der Waals surface area contributed by atoms with E-state index < -0.39 is 17.3 Å². The van der Waals surface area contributed by atoms with E-state index >= 15 is 0 Å². The van der Waals surface area contributed by atoms with E-state index in [1.807, 2.05) is 0 Å². The zero-order valence-electron chi connectivity index (χ0n) is 10.1. The number of benzene rings is 1. The number of aromatic nitrogens is 1. The summed E-state index contributed by atoms with van der Waals surface area (Å²) < 4.78 is 14.0. The molecule has 1 aromatic heterocycles. The number of hydrogen-bond acceptors (Lipinski definition) is 2. The van der Waals surface area contributed by atoms with Crippen molar-refractivity contribution in [1.29, 1.82) is 0 Å². The van der Waals surface area contributed by atoms with Crippen molar-refractivity contribution in [3.8, 4) is 0 Å². The molecule has 20 heavy (non-hydrogen) atoms. The molecular formula is C13H9Cl2FN2O2. The van der Waals surface area contributed by atoms with Gasteiger partial charge in [0, 0.05) is 17.3 Å². The predicted octanol–water partition coefficient (Wildman–Crippen LogP) is 2.93. The highest BCUT2D eigenvalue weighted by Crippen LogP contribution is 2.25. The molecule has 0 aliphatic carbocycles. The van der Waals surface area contributed by atoms with Crippen LogP contribution in [0.25, 0.3) is 0 Å². The lowest BCUT2D eigenvalue weighted by Gasteiger charge is -2.09. The number of nitrogens with zero attached hydrogens (tertiary/aromatic N) is 1. The first-order valence-corrected chi connectivity index (χ1v) is 6.32. The standard InChI is InChI=1S/C13H9Cl2FN2O2/c14-8-1-3-10(15)11(5-8)17-12(19)7-18-6-9(16)2-4-13(18)20/h1-6H,7H2,(H,17,19). The van der Waals surface area contributed by atoms with Crippen molar-refractivity contribution in [1.82, 2.24) is 4.57 Å². The zero-order chi connectivity index (χ0) is 14.7. The van der Waals surface area contributed by atoms with Gasteiger partial charge in [-0.1, -0.05) is 23.2 Å². The van der Waals surface area contributed by atoms with Crippen LogP contribution in [-0.2, 0) is 11.3 Å². The lowest BCUT2D eigenvalue weighted by Crippen LogP contribution is -2.27. The number of pyridine rings is 1. The number of carbonyl (C=O) groups is 1. The topological polar surface area (TPSA) is 51.1 Å². The molecule has 0 radical (unpaired) electrons. The fourth-order valence-corrected chi connectivity index (χ4v) is 1.90. The monoisotopic (exact) mass is 314 g/mol. The average molecular weight is 315 g/mol. The molecule has 7 heteroatoms. The Kier molecular flexibility index (Phi) is 4.42. The first kappa shape index (κ1) is 14.6. The van der Waals surface area contributed by atoms with Crippen LogP contribution < -0.4 is 10.9 Å². The molecule has 1 N–H and O–H groups in total. The maximum atomic E-state index is 13.0. The SMILES string of the molecule is O=C(Cn1cc(F)ccc1=O)Nc1cc(Cl)ccc1Cl. The van der Waals surface area contributed by atoms with E-state index in [4.69, 9.17) is 23.2 Å². The minimum Gasteiger partial charge on any atom is -0.323 e. The van der Waals surface area contributed by atoms with Gasteiger partial charge in [-0.25, -0.2) is 4.39 Å². The summed E-state index contributed by atoms with van der Waals surface area (Å²) in [5, 5.41) is 3.23.